The molecule has 1 heterocycles. The molecule has 0 atom stereocenters. The van der Waals surface area contributed by atoms with Gasteiger partial charge in [-0.3, -0.25) is 0 Å². The largest absolute Gasteiger partial charge is 0.345 e. The fourth-order valence-corrected chi connectivity index (χ4v) is 1.42. The van der Waals surface area contributed by atoms with Gasteiger partial charge in [0.05, 0.1) is 5.69 Å². The van der Waals surface area contributed by atoms with E-state index in [2.05, 4.69) is 9.97 Å². The van der Waals surface area contributed by atoms with E-state index in [1.165, 1.54) is 18.2 Å². The van der Waals surface area contributed by atoms with Crippen LogP contribution in [-0.2, 0) is 0 Å². The van der Waals surface area contributed by atoms with Crippen LogP contribution in [0.15, 0.2) is 29.1 Å². The molecule has 82 valence electrons. The van der Waals surface area contributed by atoms with Crippen molar-refractivity contribution in [1.82, 2.24) is 9.97 Å². The lowest BCUT2D eigenvalue weighted by atomic mass is 10.1. The van der Waals surface area contributed by atoms with Crippen molar-refractivity contribution in [3.8, 4) is 11.3 Å². The molecule has 3 nitrogen and oxygen atoms in total. The van der Waals surface area contributed by atoms with Crippen molar-refractivity contribution in [3.05, 3.63) is 52.1 Å². The van der Waals surface area contributed by atoms with Gasteiger partial charge in [-0.1, -0.05) is 6.07 Å². The number of nitrogens with one attached hydrogen (secondary N) is 1. The van der Waals surface area contributed by atoms with Gasteiger partial charge in [0.15, 0.2) is 11.6 Å². The minimum absolute atomic E-state index is 0.0193. The number of halogens is 2. The number of benzene rings is 1. The summed E-state index contributed by atoms with van der Waals surface area (Å²) in [6.45, 7) is 1.64. The maximum absolute atomic E-state index is 13.4. The van der Waals surface area contributed by atoms with Crippen molar-refractivity contribution in [2.75, 3.05) is 0 Å². The molecule has 0 bridgehead atoms. The van der Waals surface area contributed by atoms with Crippen molar-refractivity contribution in [3.63, 3.8) is 0 Å². The predicted molar refractivity (Wildman–Crippen MR) is 54.9 cm³/mol. The lowest BCUT2D eigenvalue weighted by Gasteiger charge is -2.03. The average molecular weight is 222 g/mol. The lowest BCUT2D eigenvalue weighted by Crippen LogP contribution is -2.12. The fraction of sp³-hybridized carbons (Fsp3) is 0.0909. The first kappa shape index (κ1) is 10.5. The van der Waals surface area contributed by atoms with E-state index < -0.39 is 17.3 Å². The summed E-state index contributed by atoms with van der Waals surface area (Å²) in [5.41, 5.74) is 0.0600. The SMILES string of the molecule is Cc1cc(-c2cccc(F)c2F)nc(=O)[nH]1. The molecule has 1 aromatic carbocycles. The van der Waals surface area contributed by atoms with Crippen molar-refractivity contribution >= 4 is 0 Å². The fourth-order valence-electron chi connectivity index (χ4n) is 1.42. The standard InChI is InChI=1S/C11H8F2N2O/c1-6-5-9(15-11(16)14-6)7-3-2-4-8(12)10(7)13/h2-5H,1H3,(H,14,15,16). The van der Waals surface area contributed by atoms with Crippen LogP contribution in [0.25, 0.3) is 11.3 Å². The topological polar surface area (TPSA) is 45.8 Å². The van der Waals surface area contributed by atoms with E-state index in [0.717, 1.165) is 6.07 Å². The summed E-state index contributed by atoms with van der Waals surface area (Å²) in [4.78, 5) is 17.1. The van der Waals surface area contributed by atoms with Crippen molar-refractivity contribution < 1.29 is 8.78 Å². The Hall–Kier alpha value is -2.04. The number of rotatable bonds is 1. The number of H-pyrrole nitrogens is 1. The summed E-state index contributed by atoms with van der Waals surface area (Å²) in [5.74, 6) is -1.96. The van der Waals surface area contributed by atoms with E-state index >= 15 is 0 Å². The third-order valence-corrected chi connectivity index (χ3v) is 2.11. The molecular formula is C11H8F2N2O. The van der Waals surface area contributed by atoms with Gasteiger partial charge in [0.25, 0.3) is 0 Å². The molecule has 0 saturated heterocycles. The Balaban J connectivity index is 2.67. The van der Waals surface area contributed by atoms with Crippen molar-refractivity contribution in [2.24, 2.45) is 0 Å². The monoisotopic (exact) mass is 222 g/mol. The number of aromatic nitrogens is 2. The van der Waals surface area contributed by atoms with Gasteiger partial charge in [0.1, 0.15) is 0 Å². The zero-order chi connectivity index (χ0) is 11.7. The Labute approximate surface area is 89.8 Å². The van der Waals surface area contributed by atoms with Gasteiger partial charge in [-0.25, -0.2) is 13.6 Å². The highest BCUT2D eigenvalue weighted by Gasteiger charge is 2.11. The summed E-state index contributed by atoms with van der Waals surface area (Å²) in [5, 5.41) is 0. The molecule has 0 aliphatic carbocycles. The second kappa shape index (κ2) is 3.84. The number of hydrogen-bond donors (Lipinski definition) is 1. The van der Waals surface area contributed by atoms with Crippen LogP contribution in [0.4, 0.5) is 8.78 Å². The highest BCUT2D eigenvalue weighted by molar-refractivity contribution is 5.59. The molecule has 1 N–H and O–H groups in total. The molecule has 1 aromatic heterocycles. The number of aromatic amines is 1. The molecule has 0 amide bonds. The molecule has 16 heavy (non-hydrogen) atoms. The van der Waals surface area contributed by atoms with Gasteiger partial charge in [0.2, 0.25) is 0 Å². The Kier molecular flexibility index (Phi) is 2.52. The van der Waals surface area contributed by atoms with Gasteiger partial charge < -0.3 is 4.98 Å². The Morgan fingerprint density at radius 2 is 2.06 bits per heavy atom. The maximum atomic E-state index is 13.4. The summed E-state index contributed by atoms with van der Waals surface area (Å²) in [7, 11) is 0. The van der Waals surface area contributed by atoms with Crippen LogP contribution in [0.1, 0.15) is 5.69 Å². The smallest absolute Gasteiger partial charge is 0.310 e. The Bertz CT molecular complexity index is 593. The number of aryl methyl sites for hydroxylation is 1. The first-order valence-corrected chi connectivity index (χ1v) is 4.60. The van der Waals surface area contributed by atoms with Gasteiger partial charge >= 0.3 is 5.69 Å². The van der Waals surface area contributed by atoms with Crippen LogP contribution < -0.4 is 5.69 Å². The molecular weight excluding hydrogens is 214 g/mol. The zero-order valence-corrected chi connectivity index (χ0v) is 8.42. The average Bonchev–Trinajstić information content (AvgIpc) is 2.20. The molecule has 0 fully saturated rings. The predicted octanol–water partition coefficient (Wildman–Crippen LogP) is 2.02. The molecule has 0 spiro atoms. The van der Waals surface area contributed by atoms with E-state index in [4.69, 9.17) is 0 Å². The number of hydrogen-bond acceptors (Lipinski definition) is 2. The maximum Gasteiger partial charge on any atom is 0.345 e. The first-order valence-electron chi connectivity index (χ1n) is 4.60. The quantitative estimate of drug-likeness (QED) is 0.802. The third kappa shape index (κ3) is 1.84. The molecule has 5 heteroatoms. The van der Waals surface area contributed by atoms with Crippen molar-refractivity contribution in [2.45, 2.75) is 6.92 Å². The zero-order valence-electron chi connectivity index (χ0n) is 8.42. The molecule has 0 radical (unpaired) electrons. The van der Waals surface area contributed by atoms with E-state index in [1.54, 1.807) is 6.92 Å². The highest BCUT2D eigenvalue weighted by Crippen LogP contribution is 2.21. The number of nitrogens with zero attached hydrogens (tertiary/aromatic N) is 1. The van der Waals surface area contributed by atoms with Crippen LogP contribution in [0.2, 0.25) is 0 Å². The van der Waals surface area contributed by atoms with Gasteiger partial charge in [-0.15, -0.1) is 0 Å². The second-order valence-corrected chi connectivity index (χ2v) is 3.36. The normalized spacial score (nSPS) is 10.4. The molecule has 0 unspecified atom stereocenters. The minimum atomic E-state index is -1.00. The molecule has 0 saturated carbocycles. The third-order valence-electron chi connectivity index (χ3n) is 2.11. The van der Waals surface area contributed by atoms with Crippen LogP contribution in [-0.4, -0.2) is 9.97 Å². The van der Waals surface area contributed by atoms with Crippen LogP contribution >= 0.6 is 0 Å². The van der Waals surface area contributed by atoms with Gasteiger partial charge in [0, 0.05) is 11.3 Å². The van der Waals surface area contributed by atoms with E-state index in [-0.39, 0.29) is 11.3 Å². The summed E-state index contributed by atoms with van der Waals surface area (Å²) >= 11 is 0. The summed E-state index contributed by atoms with van der Waals surface area (Å²) in [6, 6.07) is 5.24. The second-order valence-electron chi connectivity index (χ2n) is 3.36. The molecule has 0 aliphatic heterocycles. The van der Waals surface area contributed by atoms with E-state index in [9.17, 15) is 13.6 Å². The molecule has 2 aromatic rings. The van der Waals surface area contributed by atoms with Crippen LogP contribution in [0, 0.1) is 18.6 Å². The Morgan fingerprint density at radius 3 is 2.75 bits per heavy atom. The van der Waals surface area contributed by atoms with Crippen molar-refractivity contribution in [1.29, 1.82) is 0 Å². The van der Waals surface area contributed by atoms with Crippen LogP contribution in [0.3, 0.4) is 0 Å². The Morgan fingerprint density at radius 1 is 1.31 bits per heavy atom. The highest BCUT2D eigenvalue weighted by atomic mass is 19.2. The first-order chi connectivity index (χ1) is 7.58. The van der Waals surface area contributed by atoms with Crippen LogP contribution in [0.5, 0.6) is 0 Å². The van der Waals surface area contributed by atoms with E-state index in [0.29, 0.717) is 5.69 Å². The van der Waals surface area contributed by atoms with Gasteiger partial charge in [-0.05, 0) is 25.1 Å². The molecule has 0 aliphatic rings. The minimum Gasteiger partial charge on any atom is -0.310 e. The van der Waals surface area contributed by atoms with E-state index in [1.807, 2.05) is 0 Å². The summed E-state index contributed by atoms with van der Waals surface area (Å²) < 4.78 is 26.4. The lowest BCUT2D eigenvalue weighted by molar-refractivity contribution is 0.511. The summed E-state index contributed by atoms with van der Waals surface area (Å²) in [6.07, 6.45) is 0. The molecule has 2 rings (SSSR count). The van der Waals surface area contributed by atoms with Gasteiger partial charge in [-0.2, -0.15) is 4.98 Å².